The monoisotopic (exact) mass is 338 g/mol. The van der Waals surface area contributed by atoms with Gasteiger partial charge in [0.05, 0.1) is 18.5 Å². The average Bonchev–Trinajstić information content (AvgIpc) is 2.81. The van der Waals surface area contributed by atoms with Crippen LogP contribution in [-0.4, -0.2) is 51.2 Å². The zero-order chi connectivity index (χ0) is 16.4. The molecule has 2 aliphatic heterocycles. The SMILES string of the molecule is CS(=O)(=O)N1CC(C(=O)N2CCCCCC2)Oc2ccccc21. The quantitative estimate of drug-likeness (QED) is 0.822. The number of carbonyl (C=O) groups excluding carboxylic acids is 1. The molecule has 1 amide bonds. The molecule has 1 saturated heterocycles. The predicted octanol–water partition coefficient (Wildman–Crippen LogP) is 1.62. The van der Waals surface area contributed by atoms with Crippen molar-refractivity contribution >= 4 is 21.6 Å². The van der Waals surface area contributed by atoms with Gasteiger partial charge in [0.2, 0.25) is 10.0 Å². The fourth-order valence-corrected chi connectivity index (χ4v) is 4.05. The molecule has 0 bridgehead atoms. The highest BCUT2D eigenvalue weighted by atomic mass is 32.2. The van der Waals surface area contributed by atoms with Crippen molar-refractivity contribution in [3.63, 3.8) is 0 Å². The van der Waals surface area contributed by atoms with E-state index in [-0.39, 0.29) is 12.5 Å². The molecule has 1 fully saturated rings. The van der Waals surface area contributed by atoms with E-state index >= 15 is 0 Å². The van der Waals surface area contributed by atoms with E-state index in [9.17, 15) is 13.2 Å². The molecule has 2 aliphatic rings. The summed E-state index contributed by atoms with van der Waals surface area (Å²) in [6.07, 6.45) is 4.62. The molecule has 1 aromatic rings. The first-order chi connectivity index (χ1) is 11.0. The molecule has 0 saturated carbocycles. The molecule has 0 radical (unpaired) electrons. The smallest absolute Gasteiger partial charge is 0.265 e. The number of hydrogen-bond donors (Lipinski definition) is 0. The van der Waals surface area contributed by atoms with E-state index in [0.717, 1.165) is 45.0 Å². The zero-order valence-corrected chi connectivity index (χ0v) is 14.1. The number of rotatable bonds is 2. The van der Waals surface area contributed by atoms with Crippen molar-refractivity contribution in [2.75, 3.05) is 30.2 Å². The minimum atomic E-state index is -3.46. The summed E-state index contributed by atoms with van der Waals surface area (Å²) >= 11 is 0. The third-order valence-electron chi connectivity index (χ3n) is 4.33. The first kappa shape index (κ1) is 16.1. The van der Waals surface area contributed by atoms with Crippen LogP contribution in [0.2, 0.25) is 0 Å². The van der Waals surface area contributed by atoms with E-state index in [4.69, 9.17) is 4.74 Å². The van der Waals surface area contributed by atoms with Crippen molar-refractivity contribution in [1.29, 1.82) is 0 Å². The lowest BCUT2D eigenvalue weighted by atomic mass is 10.2. The lowest BCUT2D eigenvalue weighted by molar-refractivity contribution is -0.138. The normalized spacial score (nSPS) is 22.0. The van der Waals surface area contributed by atoms with Crippen molar-refractivity contribution in [3.05, 3.63) is 24.3 Å². The molecule has 6 nitrogen and oxygen atoms in total. The Balaban J connectivity index is 1.86. The maximum atomic E-state index is 12.8. The Morgan fingerprint density at radius 2 is 1.78 bits per heavy atom. The molecule has 126 valence electrons. The molecule has 0 aromatic heterocycles. The van der Waals surface area contributed by atoms with Crippen LogP contribution in [0.1, 0.15) is 25.7 Å². The number of carbonyl (C=O) groups is 1. The fourth-order valence-electron chi connectivity index (χ4n) is 3.14. The highest BCUT2D eigenvalue weighted by Gasteiger charge is 2.36. The minimum Gasteiger partial charge on any atom is -0.476 e. The number of likely N-dealkylation sites (tertiary alicyclic amines) is 1. The second kappa shape index (κ2) is 6.39. The Morgan fingerprint density at radius 1 is 1.13 bits per heavy atom. The van der Waals surface area contributed by atoms with Crippen molar-refractivity contribution in [2.24, 2.45) is 0 Å². The van der Waals surface area contributed by atoms with Crippen LogP contribution in [0, 0.1) is 0 Å². The Morgan fingerprint density at radius 3 is 2.43 bits per heavy atom. The first-order valence-electron chi connectivity index (χ1n) is 7.99. The van der Waals surface area contributed by atoms with Gasteiger partial charge in [0.15, 0.2) is 6.10 Å². The van der Waals surface area contributed by atoms with Gasteiger partial charge in [-0.2, -0.15) is 0 Å². The molecule has 0 N–H and O–H groups in total. The number of nitrogens with zero attached hydrogens (tertiary/aromatic N) is 2. The van der Waals surface area contributed by atoms with Crippen molar-refractivity contribution in [2.45, 2.75) is 31.8 Å². The predicted molar refractivity (Wildman–Crippen MR) is 88.1 cm³/mol. The van der Waals surface area contributed by atoms with Crippen molar-refractivity contribution < 1.29 is 17.9 Å². The summed E-state index contributed by atoms with van der Waals surface area (Å²) in [5.74, 6) is 0.326. The van der Waals surface area contributed by atoms with E-state index in [1.807, 2.05) is 4.90 Å². The molecule has 2 heterocycles. The number of hydrogen-bond acceptors (Lipinski definition) is 4. The van der Waals surface area contributed by atoms with Crippen LogP contribution in [-0.2, 0) is 14.8 Å². The van der Waals surface area contributed by atoms with Gasteiger partial charge in [0, 0.05) is 13.1 Å². The van der Waals surface area contributed by atoms with Crippen LogP contribution in [0.4, 0.5) is 5.69 Å². The van der Waals surface area contributed by atoms with Gasteiger partial charge in [-0.25, -0.2) is 8.42 Å². The molecule has 7 heteroatoms. The van der Waals surface area contributed by atoms with Crippen molar-refractivity contribution in [1.82, 2.24) is 4.90 Å². The van der Waals surface area contributed by atoms with E-state index in [1.54, 1.807) is 24.3 Å². The summed E-state index contributed by atoms with van der Waals surface area (Å²) in [7, 11) is -3.46. The van der Waals surface area contributed by atoms with Crippen molar-refractivity contribution in [3.8, 4) is 5.75 Å². The highest BCUT2D eigenvalue weighted by molar-refractivity contribution is 7.92. The lowest BCUT2D eigenvalue weighted by Crippen LogP contribution is -2.51. The largest absolute Gasteiger partial charge is 0.476 e. The first-order valence-corrected chi connectivity index (χ1v) is 9.84. The van der Waals surface area contributed by atoms with Crippen LogP contribution in [0.25, 0.3) is 0 Å². The maximum absolute atomic E-state index is 12.8. The molecular formula is C16H22N2O4S. The second-order valence-corrected chi connectivity index (χ2v) is 8.01. The molecule has 23 heavy (non-hydrogen) atoms. The number of ether oxygens (including phenoxy) is 1. The molecule has 1 unspecified atom stereocenters. The Hall–Kier alpha value is -1.76. The molecule has 1 atom stereocenters. The molecule has 0 aliphatic carbocycles. The number of sulfonamides is 1. The van der Waals surface area contributed by atoms with Gasteiger partial charge in [-0.1, -0.05) is 25.0 Å². The van der Waals surface area contributed by atoms with Gasteiger partial charge in [-0.15, -0.1) is 0 Å². The third-order valence-corrected chi connectivity index (χ3v) is 5.47. The molecule has 3 rings (SSSR count). The Bertz CT molecular complexity index is 681. The summed E-state index contributed by atoms with van der Waals surface area (Å²) in [5.41, 5.74) is 0.495. The Kier molecular flexibility index (Phi) is 4.48. The molecule has 0 spiro atoms. The minimum absolute atomic E-state index is 0.0329. The highest BCUT2D eigenvalue weighted by Crippen LogP contribution is 2.35. The average molecular weight is 338 g/mol. The van der Waals surface area contributed by atoms with Crippen LogP contribution in [0.5, 0.6) is 5.75 Å². The number of amides is 1. The summed E-state index contributed by atoms with van der Waals surface area (Å²) in [5, 5.41) is 0. The van der Waals surface area contributed by atoms with E-state index in [2.05, 4.69) is 0 Å². The second-order valence-electron chi connectivity index (χ2n) is 6.11. The van der Waals surface area contributed by atoms with Crippen LogP contribution >= 0.6 is 0 Å². The third kappa shape index (κ3) is 3.44. The number of anilines is 1. The van der Waals surface area contributed by atoms with Gasteiger partial charge in [0.1, 0.15) is 5.75 Å². The topological polar surface area (TPSA) is 66.9 Å². The van der Waals surface area contributed by atoms with Gasteiger partial charge < -0.3 is 9.64 Å². The lowest BCUT2D eigenvalue weighted by Gasteiger charge is -2.36. The maximum Gasteiger partial charge on any atom is 0.265 e. The van der Waals surface area contributed by atoms with Gasteiger partial charge in [0.25, 0.3) is 5.91 Å². The molecular weight excluding hydrogens is 316 g/mol. The summed E-state index contributed by atoms with van der Waals surface area (Å²) in [6.45, 7) is 1.48. The number of para-hydroxylation sites is 2. The Labute approximate surface area is 137 Å². The van der Waals surface area contributed by atoms with Gasteiger partial charge in [-0.3, -0.25) is 9.10 Å². The zero-order valence-electron chi connectivity index (χ0n) is 13.3. The summed E-state index contributed by atoms with van der Waals surface area (Å²) in [6, 6.07) is 6.94. The summed E-state index contributed by atoms with van der Waals surface area (Å²) in [4.78, 5) is 14.6. The van der Waals surface area contributed by atoms with E-state index in [0.29, 0.717) is 11.4 Å². The van der Waals surface area contributed by atoms with Crippen LogP contribution in [0.3, 0.4) is 0 Å². The summed E-state index contributed by atoms with van der Waals surface area (Å²) < 4.78 is 31.3. The van der Waals surface area contributed by atoms with E-state index < -0.39 is 16.1 Å². The number of fused-ring (bicyclic) bond motifs is 1. The van der Waals surface area contributed by atoms with Gasteiger partial charge >= 0.3 is 0 Å². The van der Waals surface area contributed by atoms with Crippen LogP contribution in [0.15, 0.2) is 24.3 Å². The number of benzene rings is 1. The van der Waals surface area contributed by atoms with Gasteiger partial charge in [-0.05, 0) is 25.0 Å². The fraction of sp³-hybridized carbons (Fsp3) is 0.562. The molecule has 1 aromatic carbocycles. The van der Waals surface area contributed by atoms with Crippen LogP contribution < -0.4 is 9.04 Å². The van der Waals surface area contributed by atoms with E-state index in [1.165, 1.54) is 4.31 Å². The standard InChI is InChI=1S/C16H22N2O4S/c1-23(20,21)18-12-15(22-14-9-5-4-8-13(14)18)16(19)17-10-6-2-3-7-11-17/h4-5,8-9,15H,2-3,6-7,10-12H2,1H3.